The minimum absolute atomic E-state index is 0.314. The van der Waals surface area contributed by atoms with E-state index in [1.807, 2.05) is 24.3 Å². The van der Waals surface area contributed by atoms with Crippen molar-refractivity contribution in [3.05, 3.63) is 65.2 Å². The second-order valence-corrected chi connectivity index (χ2v) is 9.63. The molecule has 0 spiro atoms. The summed E-state index contributed by atoms with van der Waals surface area (Å²) in [6, 6.07) is 17.1. The van der Waals surface area contributed by atoms with E-state index in [-0.39, 0.29) is 12.1 Å². The van der Waals surface area contributed by atoms with E-state index in [0.29, 0.717) is 31.6 Å². The number of hydrogen-bond donors (Lipinski definition) is 3. The van der Waals surface area contributed by atoms with E-state index in [9.17, 15) is 0 Å². The molecule has 198 valence electrons. The molecular formula is C29H40N6O2. The van der Waals surface area contributed by atoms with Crippen molar-refractivity contribution in [1.82, 2.24) is 15.5 Å². The Kier molecular flexibility index (Phi) is 10.1. The van der Waals surface area contributed by atoms with Crippen LogP contribution in [0.4, 0.5) is 0 Å². The molecule has 2 heterocycles. The first-order valence-electron chi connectivity index (χ1n) is 13.4. The van der Waals surface area contributed by atoms with Gasteiger partial charge in [-0.25, -0.2) is 4.99 Å². The quantitative estimate of drug-likeness (QED) is 0.295. The predicted molar refractivity (Wildman–Crippen MR) is 149 cm³/mol. The number of nitrogens with one attached hydrogen (secondary N) is 3. The van der Waals surface area contributed by atoms with Gasteiger partial charge < -0.3 is 20.2 Å². The van der Waals surface area contributed by atoms with Gasteiger partial charge in [0, 0.05) is 25.8 Å². The number of methoxy groups -OCH3 is 1. The Morgan fingerprint density at radius 3 is 2.35 bits per heavy atom. The molecule has 37 heavy (non-hydrogen) atoms. The third-order valence-corrected chi connectivity index (χ3v) is 6.81. The fourth-order valence-corrected chi connectivity index (χ4v) is 4.55. The van der Waals surface area contributed by atoms with E-state index >= 15 is 0 Å². The Morgan fingerprint density at radius 1 is 1.00 bits per heavy atom. The zero-order chi connectivity index (χ0) is 25.9. The highest BCUT2D eigenvalue weighted by molar-refractivity contribution is 6.04. The van der Waals surface area contributed by atoms with E-state index < -0.39 is 0 Å². The molecule has 2 unspecified atom stereocenters. The number of amidine groups is 2. The van der Waals surface area contributed by atoms with Crippen LogP contribution in [0.25, 0.3) is 0 Å². The van der Waals surface area contributed by atoms with Crippen LogP contribution in [0.3, 0.4) is 0 Å². The summed E-state index contributed by atoms with van der Waals surface area (Å²) in [4.78, 5) is 11.9. The molecular weight excluding hydrogens is 464 g/mol. The number of likely N-dealkylation sites (tertiary alicyclic amines) is 1. The topological polar surface area (TPSA) is 94.3 Å². The van der Waals surface area contributed by atoms with Crippen LogP contribution in [0.2, 0.25) is 0 Å². The van der Waals surface area contributed by atoms with Gasteiger partial charge in [0.2, 0.25) is 0 Å². The fraction of sp³-hybridized carbons (Fsp3) is 0.483. The lowest BCUT2D eigenvalue weighted by Gasteiger charge is -2.28. The van der Waals surface area contributed by atoms with Crippen LogP contribution in [0.5, 0.6) is 5.75 Å². The Hall–Kier alpha value is -3.23. The van der Waals surface area contributed by atoms with Crippen molar-refractivity contribution in [3.8, 4) is 5.75 Å². The standard InChI is InChI=1S/C29H40N6O2/c1-3-4-17-37-29-33-27(31-19-22-7-9-24(10-8-22)21-35-15-5-6-16-35)26(18-30)28(34-29)32-20-23-11-13-25(36-2)14-12-23/h7-14,18,26,28,30,32H,3-6,15-17,19-21H2,1-2H3,(H,31,33,34). The van der Waals surface area contributed by atoms with Crippen LogP contribution in [-0.2, 0) is 24.4 Å². The van der Waals surface area contributed by atoms with Crippen LogP contribution in [0, 0.1) is 11.3 Å². The van der Waals surface area contributed by atoms with Crippen molar-refractivity contribution in [2.24, 2.45) is 15.9 Å². The lowest BCUT2D eigenvalue weighted by Crippen LogP contribution is -2.47. The summed E-state index contributed by atoms with van der Waals surface area (Å²) in [5.74, 6) is 1.21. The van der Waals surface area contributed by atoms with Gasteiger partial charge >= 0.3 is 6.02 Å². The lowest BCUT2D eigenvalue weighted by molar-refractivity contribution is 0.284. The minimum Gasteiger partial charge on any atom is -0.497 e. The van der Waals surface area contributed by atoms with E-state index in [1.165, 1.54) is 43.3 Å². The third-order valence-electron chi connectivity index (χ3n) is 6.81. The summed E-state index contributed by atoms with van der Waals surface area (Å²) in [7, 11) is 1.66. The average molecular weight is 505 g/mol. The van der Waals surface area contributed by atoms with Gasteiger partial charge in [0.15, 0.2) is 0 Å². The van der Waals surface area contributed by atoms with Crippen molar-refractivity contribution in [2.45, 2.75) is 58.4 Å². The maximum Gasteiger partial charge on any atom is 0.314 e. The third kappa shape index (κ3) is 7.87. The van der Waals surface area contributed by atoms with Crippen molar-refractivity contribution in [2.75, 3.05) is 26.8 Å². The normalized spacial score (nSPS) is 19.7. The SMILES string of the molecule is CCCCOC1=NC(NCc2ccc(OC)cc2)C(C=N)C(NCc2ccc(CN3CCCC3)cc2)=N1. The smallest absolute Gasteiger partial charge is 0.314 e. The number of ether oxygens (including phenoxy) is 2. The first kappa shape index (κ1) is 26.8. The van der Waals surface area contributed by atoms with Gasteiger partial charge in [-0.2, -0.15) is 4.99 Å². The van der Waals surface area contributed by atoms with Crippen LogP contribution in [-0.4, -0.2) is 55.9 Å². The molecule has 4 rings (SSSR count). The second kappa shape index (κ2) is 13.9. The summed E-state index contributed by atoms with van der Waals surface area (Å²) in [5, 5.41) is 15.1. The second-order valence-electron chi connectivity index (χ2n) is 9.63. The Labute approximate surface area is 220 Å². The maximum absolute atomic E-state index is 8.13. The summed E-state index contributed by atoms with van der Waals surface area (Å²) < 4.78 is 11.1. The molecule has 0 bridgehead atoms. The molecule has 8 nitrogen and oxygen atoms in total. The molecule has 0 amide bonds. The van der Waals surface area contributed by atoms with Gasteiger partial charge in [0.25, 0.3) is 0 Å². The van der Waals surface area contributed by atoms with Crippen molar-refractivity contribution in [1.29, 1.82) is 5.41 Å². The van der Waals surface area contributed by atoms with Gasteiger partial charge in [-0.15, -0.1) is 0 Å². The monoisotopic (exact) mass is 504 g/mol. The van der Waals surface area contributed by atoms with E-state index in [4.69, 9.17) is 19.9 Å². The van der Waals surface area contributed by atoms with Gasteiger partial charge in [-0.05, 0) is 61.2 Å². The average Bonchev–Trinajstić information content (AvgIpc) is 3.45. The number of nitrogens with zero attached hydrogens (tertiary/aromatic N) is 3. The molecule has 2 aromatic carbocycles. The summed E-state index contributed by atoms with van der Waals surface area (Å²) in [5.41, 5.74) is 3.63. The minimum atomic E-state index is -0.348. The van der Waals surface area contributed by atoms with Crippen LogP contribution >= 0.6 is 0 Å². The number of hydrogen-bond acceptors (Lipinski definition) is 8. The largest absolute Gasteiger partial charge is 0.497 e. The highest BCUT2D eigenvalue weighted by Crippen LogP contribution is 2.17. The predicted octanol–water partition coefficient (Wildman–Crippen LogP) is 4.35. The van der Waals surface area contributed by atoms with E-state index in [0.717, 1.165) is 30.7 Å². The molecule has 0 saturated carbocycles. The molecule has 0 radical (unpaired) electrons. The van der Waals surface area contributed by atoms with E-state index in [1.54, 1.807) is 7.11 Å². The first-order valence-corrected chi connectivity index (χ1v) is 13.4. The van der Waals surface area contributed by atoms with Crippen LogP contribution in [0.1, 0.15) is 49.3 Å². The molecule has 1 saturated heterocycles. The van der Waals surface area contributed by atoms with Crippen LogP contribution in [0.15, 0.2) is 58.5 Å². The number of aliphatic imine (C=N–C) groups is 2. The number of unbranched alkanes of at least 4 members (excludes halogenated alkanes) is 1. The molecule has 0 aliphatic carbocycles. The lowest BCUT2D eigenvalue weighted by atomic mass is 10.0. The summed E-state index contributed by atoms with van der Waals surface area (Å²) in [6.07, 6.45) is 5.66. The fourth-order valence-electron chi connectivity index (χ4n) is 4.55. The molecule has 3 N–H and O–H groups in total. The van der Waals surface area contributed by atoms with Gasteiger partial charge in [0.05, 0.1) is 19.6 Å². The maximum atomic E-state index is 8.13. The molecule has 2 aliphatic heterocycles. The Bertz CT molecular complexity index is 1050. The summed E-state index contributed by atoms with van der Waals surface area (Å²) >= 11 is 0. The number of benzene rings is 2. The zero-order valence-electron chi connectivity index (χ0n) is 22.1. The molecule has 2 atom stereocenters. The first-order chi connectivity index (χ1) is 18.2. The zero-order valence-corrected chi connectivity index (χ0v) is 22.1. The molecule has 1 fully saturated rings. The van der Waals surface area contributed by atoms with E-state index in [2.05, 4.69) is 51.7 Å². The van der Waals surface area contributed by atoms with Crippen LogP contribution < -0.4 is 15.4 Å². The Balaban J connectivity index is 1.40. The Morgan fingerprint density at radius 2 is 1.68 bits per heavy atom. The van der Waals surface area contributed by atoms with Gasteiger partial charge in [-0.1, -0.05) is 49.7 Å². The molecule has 8 heteroatoms. The molecule has 0 aromatic heterocycles. The highest BCUT2D eigenvalue weighted by Gasteiger charge is 2.29. The van der Waals surface area contributed by atoms with Crippen molar-refractivity contribution in [3.63, 3.8) is 0 Å². The van der Waals surface area contributed by atoms with Gasteiger partial charge in [0.1, 0.15) is 17.8 Å². The number of rotatable bonds is 12. The highest BCUT2D eigenvalue weighted by atomic mass is 16.5. The molecule has 2 aromatic rings. The van der Waals surface area contributed by atoms with Crippen molar-refractivity contribution >= 4 is 18.1 Å². The summed E-state index contributed by atoms with van der Waals surface area (Å²) in [6.45, 7) is 7.36. The van der Waals surface area contributed by atoms with Gasteiger partial charge in [-0.3, -0.25) is 10.2 Å². The van der Waals surface area contributed by atoms with Crippen molar-refractivity contribution < 1.29 is 9.47 Å². The molecule has 2 aliphatic rings.